The summed E-state index contributed by atoms with van der Waals surface area (Å²) in [5, 5.41) is 2.70. The largest absolute Gasteiger partial charge is 0.495 e. The number of hydrogen-bond acceptors (Lipinski definition) is 3. The number of halogens is 1. The fourth-order valence-corrected chi connectivity index (χ4v) is 1.15. The lowest BCUT2D eigenvalue weighted by molar-refractivity contribution is -0.117. The maximum Gasteiger partial charge on any atom is 0.241 e. The van der Waals surface area contributed by atoms with Gasteiger partial charge in [0.15, 0.2) is 0 Å². The molecule has 5 heteroatoms. The number of carbonyl (C=O) groups excluding carboxylic acids is 1. The SMILES string of the molecule is COc1cc(C)ccc1NC(=O)[C@@H](C)N.Cl. The second kappa shape index (κ2) is 6.35. The van der Waals surface area contributed by atoms with Gasteiger partial charge in [0, 0.05) is 0 Å². The van der Waals surface area contributed by atoms with Crippen LogP contribution in [0.15, 0.2) is 18.2 Å². The molecule has 0 heterocycles. The Bertz CT molecular complexity index is 367. The van der Waals surface area contributed by atoms with Crippen molar-refractivity contribution in [1.82, 2.24) is 0 Å². The fourth-order valence-electron chi connectivity index (χ4n) is 1.15. The van der Waals surface area contributed by atoms with Crippen LogP contribution in [0, 0.1) is 6.92 Å². The molecule has 0 saturated heterocycles. The first-order valence-corrected chi connectivity index (χ1v) is 4.75. The van der Waals surface area contributed by atoms with Crippen molar-refractivity contribution in [3.63, 3.8) is 0 Å². The van der Waals surface area contributed by atoms with E-state index in [1.54, 1.807) is 20.1 Å². The number of carbonyl (C=O) groups is 1. The van der Waals surface area contributed by atoms with Crippen molar-refractivity contribution in [2.24, 2.45) is 5.73 Å². The van der Waals surface area contributed by atoms with E-state index >= 15 is 0 Å². The predicted molar refractivity (Wildman–Crippen MR) is 67.3 cm³/mol. The molecule has 0 radical (unpaired) electrons. The van der Waals surface area contributed by atoms with E-state index in [-0.39, 0.29) is 18.3 Å². The molecule has 0 aromatic heterocycles. The number of methoxy groups -OCH3 is 1. The van der Waals surface area contributed by atoms with Crippen molar-refractivity contribution in [3.05, 3.63) is 23.8 Å². The van der Waals surface area contributed by atoms with E-state index in [4.69, 9.17) is 10.5 Å². The van der Waals surface area contributed by atoms with E-state index in [9.17, 15) is 4.79 Å². The normalized spacial score (nSPS) is 11.2. The summed E-state index contributed by atoms with van der Waals surface area (Å²) in [4.78, 5) is 11.4. The Morgan fingerprint density at radius 2 is 2.12 bits per heavy atom. The molecule has 0 aliphatic carbocycles. The van der Waals surface area contributed by atoms with E-state index in [2.05, 4.69) is 5.32 Å². The Kier molecular flexibility index (Phi) is 5.85. The van der Waals surface area contributed by atoms with Crippen molar-refractivity contribution in [2.75, 3.05) is 12.4 Å². The Morgan fingerprint density at radius 3 is 2.62 bits per heavy atom. The van der Waals surface area contributed by atoms with Crippen LogP contribution in [0.2, 0.25) is 0 Å². The summed E-state index contributed by atoms with van der Waals surface area (Å²) in [5.74, 6) is 0.418. The van der Waals surface area contributed by atoms with E-state index in [1.807, 2.05) is 19.1 Å². The van der Waals surface area contributed by atoms with Crippen LogP contribution in [0.1, 0.15) is 12.5 Å². The molecular formula is C11H17ClN2O2. The molecule has 0 unspecified atom stereocenters. The van der Waals surface area contributed by atoms with Gasteiger partial charge in [-0.15, -0.1) is 12.4 Å². The second-order valence-electron chi connectivity index (χ2n) is 3.48. The van der Waals surface area contributed by atoms with Gasteiger partial charge in [-0.1, -0.05) is 6.07 Å². The summed E-state index contributed by atoms with van der Waals surface area (Å²) in [6.07, 6.45) is 0. The molecule has 0 fully saturated rings. The highest BCUT2D eigenvalue weighted by Crippen LogP contribution is 2.25. The zero-order valence-corrected chi connectivity index (χ0v) is 10.4. The summed E-state index contributed by atoms with van der Waals surface area (Å²) >= 11 is 0. The van der Waals surface area contributed by atoms with E-state index in [1.165, 1.54) is 0 Å². The Morgan fingerprint density at radius 1 is 1.50 bits per heavy atom. The van der Waals surface area contributed by atoms with Gasteiger partial charge in [0.05, 0.1) is 18.8 Å². The minimum absolute atomic E-state index is 0. The lowest BCUT2D eigenvalue weighted by Gasteiger charge is -2.12. The van der Waals surface area contributed by atoms with Crippen LogP contribution in [0.5, 0.6) is 5.75 Å². The van der Waals surface area contributed by atoms with Crippen molar-refractivity contribution in [3.8, 4) is 5.75 Å². The second-order valence-corrected chi connectivity index (χ2v) is 3.48. The number of anilines is 1. The Labute approximate surface area is 102 Å². The van der Waals surface area contributed by atoms with Crippen molar-refractivity contribution in [2.45, 2.75) is 19.9 Å². The van der Waals surface area contributed by atoms with Crippen LogP contribution in [-0.4, -0.2) is 19.1 Å². The number of rotatable bonds is 3. The first-order valence-electron chi connectivity index (χ1n) is 4.75. The zero-order valence-electron chi connectivity index (χ0n) is 9.61. The molecule has 1 aromatic carbocycles. The zero-order chi connectivity index (χ0) is 11.4. The third-order valence-electron chi connectivity index (χ3n) is 2.03. The minimum atomic E-state index is -0.531. The van der Waals surface area contributed by atoms with Crippen LogP contribution >= 0.6 is 12.4 Å². The predicted octanol–water partition coefficient (Wildman–Crippen LogP) is 1.71. The van der Waals surface area contributed by atoms with Crippen LogP contribution in [0.3, 0.4) is 0 Å². The lowest BCUT2D eigenvalue weighted by Crippen LogP contribution is -2.32. The third kappa shape index (κ3) is 3.72. The maximum atomic E-state index is 11.4. The molecular weight excluding hydrogens is 228 g/mol. The van der Waals surface area contributed by atoms with Crippen molar-refractivity contribution >= 4 is 24.0 Å². The van der Waals surface area contributed by atoms with Crippen molar-refractivity contribution in [1.29, 1.82) is 0 Å². The van der Waals surface area contributed by atoms with Gasteiger partial charge in [-0.3, -0.25) is 4.79 Å². The van der Waals surface area contributed by atoms with Crippen LogP contribution in [0.4, 0.5) is 5.69 Å². The average Bonchev–Trinajstić information content (AvgIpc) is 2.20. The maximum absolute atomic E-state index is 11.4. The van der Waals surface area contributed by atoms with Crippen molar-refractivity contribution < 1.29 is 9.53 Å². The third-order valence-corrected chi connectivity index (χ3v) is 2.03. The van der Waals surface area contributed by atoms with E-state index in [0.717, 1.165) is 5.56 Å². The van der Waals surface area contributed by atoms with Gasteiger partial charge >= 0.3 is 0 Å². The van der Waals surface area contributed by atoms with Crippen LogP contribution in [-0.2, 0) is 4.79 Å². The molecule has 90 valence electrons. The van der Waals surface area contributed by atoms with Gasteiger partial charge in [0.2, 0.25) is 5.91 Å². The monoisotopic (exact) mass is 244 g/mol. The van der Waals surface area contributed by atoms with Gasteiger partial charge in [-0.25, -0.2) is 0 Å². The summed E-state index contributed by atoms with van der Waals surface area (Å²) < 4.78 is 5.15. The van der Waals surface area contributed by atoms with E-state index < -0.39 is 6.04 Å². The molecule has 16 heavy (non-hydrogen) atoms. The number of benzene rings is 1. The molecule has 3 N–H and O–H groups in total. The molecule has 0 saturated carbocycles. The Balaban J connectivity index is 0.00000225. The number of hydrogen-bond donors (Lipinski definition) is 2. The number of amides is 1. The highest BCUT2D eigenvalue weighted by atomic mass is 35.5. The molecule has 0 aliphatic rings. The smallest absolute Gasteiger partial charge is 0.241 e. The number of ether oxygens (including phenoxy) is 1. The number of nitrogens with two attached hydrogens (primary N) is 1. The molecule has 1 aromatic rings. The topological polar surface area (TPSA) is 64.3 Å². The highest BCUT2D eigenvalue weighted by molar-refractivity contribution is 5.95. The molecule has 0 aliphatic heterocycles. The fraction of sp³-hybridized carbons (Fsp3) is 0.364. The highest BCUT2D eigenvalue weighted by Gasteiger charge is 2.10. The summed E-state index contributed by atoms with van der Waals surface area (Å²) in [6, 6.07) is 5.03. The molecule has 4 nitrogen and oxygen atoms in total. The number of nitrogens with one attached hydrogen (secondary N) is 1. The summed E-state index contributed by atoms with van der Waals surface area (Å²) in [7, 11) is 1.57. The first kappa shape index (κ1) is 14.7. The Hall–Kier alpha value is -1.26. The van der Waals surface area contributed by atoms with E-state index in [0.29, 0.717) is 11.4 Å². The number of aryl methyl sites for hydroxylation is 1. The molecule has 1 rings (SSSR count). The molecule has 0 spiro atoms. The van der Waals surface area contributed by atoms with Gasteiger partial charge in [-0.05, 0) is 31.5 Å². The standard InChI is InChI=1S/C11H16N2O2.ClH/c1-7-4-5-9(10(6-7)15-3)13-11(14)8(2)12;/h4-6,8H,12H2,1-3H3,(H,13,14);1H/t8-;/m1./s1. The van der Waals surface area contributed by atoms with Crippen LogP contribution < -0.4 is 15.8 Å². The van der Waals surface area contributed by atoms with Gasteiger partial charge in [0.25, 0.3) is 0 Å². The minimum Gasteiger partial charge on any atom is -0.495 e. The average molecular weight is 245 g/mol. The first-order chi connectivity index (χ1) is 7.04. The molecule has 1 amide bonds. The van der Waals surface area contributed by atoms with Gasteiger partial charge in [0.1, 0.15) is 5.75 Å². The molecule has 1 atom stereocenters. The lowest BCUT2D eigenvalue weighted by atomic mass is 10.2. The van der Waals surface area contributed by atoms with Gasteiger partial charge < -0.3 is 15.8 Å². The van der Waals surface area contributed by atoms with Gasteiger partial charge in [-0.2, -0.15) is 0 Å². The summed E-state index contributed by atoms with van der Waals surface area (Å²) in [6.45, 7) is 3.59. The summed E-state index contributed by atoms with van der Waals surface area (Å²) in [5.41, 5.74) is 7.17. The quantitative estimate of drug-likeness (QED) is 0.851. The van der Waals surface area contributed by atoms with Crippen LogP contribution in [0.25, 0.3) is 0 Å². The molecule has 0 bridgehead atoms.